The van der Waals surface area contributed by atoms with Gasteiger partial charge in [0, 0.05) is 37.5 Å². The van der Waals surface area contributed by atoms with E-state index in [0.717, 1.165) is 55.0 Å². The first kappa shape index (κ1) is 23.8. The van der Waals surface area contributed by atoms with E-state index in [1.165, 1.54) is 11.1 Å². The molecule has 2 N–H and O–H groups in total. The maximum atomic E-state index is 13.5. The Hall–Kier alpha value is -3.91. The summed E-state index contributed by atoms with van der Waals surface area (Å²) in [5.41, 5.74) is 5.94. The molecule has 1 unspecified atom stereocenters. The molecular formula is C28H33N7O. The van der Waals surface area contributed by atoms with Crippen molar-refractivity contribution in [2.45, 2.75) is 32.7 Å². The minimum atomic E-state index is -0.244. The van der Waals surface area contributed by atoms with Gasteiger partial charge in [0.15, 0.2) is 0 Å². The molecule has 1 aliphatic rings. The summed E-state index contributed by atoms with van der Waals surface area (Å²) in [6, 6.07) is 17.9. The summed E-state index contributed by atoms with van der Waals surface area (Å²) in [7, 11) is 1.88. The standard InChI is InChI=1S/C28H33N7O/c1-4-15-34-16-14-21-10-8-9-13-24(21)25(19-34)30-28(36)31-27-20(2)26(22-17-29-33(3)18-22)32-35(27)23-11-6-5-7-12-23/h5-13,17-18,25H,4,14-16,19H2,1-3H3,(H2,30,31,36). The monoisotopic (exact) mass is 483 g/mol. The largest absolute Gasteiger partial charge is 0.330 e. The van der Waals surface area contributed by atoms with Crippen LogP contribution in [0.25, 0.3) is 16.9 Å². The first-order chi connectivity index (χ1) is 17.5. The molecule has 2 aromatic heterocycles. The van der Waals surface area contributed by atoms with Gasteiger partial charge in [-0.3, -0.25) is 10.00 Å². The quantitative estimate of drug-likeness (QED) is 0.416. The third-order valence-electron chi connectivity index (χ3n) is 6.75. The minimum absolute atomic E-state index is 0.0959. The van der Waals surface area contributed by atoms with E-state index in [2.05, 4.69) is 51.8 Å². The molecule has 186 valence electrons. The Balaban J connectivity index is 1.45. The number of nitrogens with zero attached hydrogens (tertiary/aromatic N) is 5. The van der Waals surface area contributed by atoms with Gasteiger partial charge in [-0.2, -0.15) is 10.2 Å². The lowest BCUT2D eigenvalue weighted by molar-refractivity contribution is 0.233. The molecule has 0 saturated carbocycles. The molecule has 2 amide bonds. The molecule has 8 nitrogen and oxygen atoms in total. The third kappa shape index (κ3) is 4.90. The number of anilines is 1. The second-order valence-corrected chi connectivity index (χ2v) is 9.37. The number of rotatable bonds is 6. The second-order valence-electron chi connectivity index (χ2n) is 9.37. The summed E-state index contributed by atoms with van der Waals surface area (Å²) in [6.07, 6.45) is 5.80. The molecular weight excluding hydrogens is 450 g/mol. The van der Waals surface area contributed by atoms with Crippen LogP contribution in [0.2, 0.25) is 0 Å². The van der Waals surface area contributed by atoms with Crippen molar-refractivity contribution in [3.05, 3.63) is 83.7 Å². The molecule has 0 bridgehead atoms. The Morgan fingerprint density at radius 3 is 2.64 bits per heavy atom. The predicted octanol–water partition coefficient (Wildman–Crippen LogP) is 4.71. The van der Waals surface area contributed by atoms with Gasteiger partial charge in [-0.15, -0.1) is 0 Å². The molecule has 1 atom stereocenters. The second kappa shape index (κ2) is 10.4. The Labute approximate surface area is 211 Å². The first-order valence-corrected chi connectivity index (χ1v) is 12.5. The van der Waals surface area contributed by atoms with E-state index in [1.54, 1.807) is 15.6 Å². The van der Waals surface area contributed by atoms with Crippen LogP contribution >= 0.6 is 0 Å². The number of aryl methyl sites for hydroxylation is 1. The van der Waals surface area contributed by atoms with Gasteiger partial charge in [0.1, 0.15) is 11.5 Å². The lowest BCUT2D eigenvalue weighted by atomic mass is 10.00. The van der Waals surface area contributed by atoms with E-state index in [1.807, 2.05) is 50.5 Å². The predicted molar refractivity (Wildman–Crippen MR) is 142 cm³/mol. The average Bonchev–Trinajstić information content (AvgIpc) is 3.40. The van der Waals surface area contributed by atoms with Crippen LogP contribution in [0.4, 0.5) is 10.6 Å². The van der Waals surface area contributed by atoms with E-state index >= 15 is 0 Å². The zero-order valence-electron chi connectivity index (χ0n) is 21.1. The normalized spacial score (nSPS) is 15.8. The Bertz CT molecular complexity index is 1340. The van der Waals surface area contributed by atoms with Crippen LogP contribution in [0.15, 0.2) is 67.0 Å². The number of hydrogen-bond donors (Lipinski definition) is 2. The summed E-state index contributed by atoms with van der Waals surface area (Å²) < 4.78 is 3.54. The lowest BCUT2D eigenvalue weighted by Crippen LogP contribution is -2.39. The number of urea groups is 1. The van der Waals surface area contributed by atoms with Gasteiger partial charge in [0.25, 0.3) is 0 Å². The number of para-hydroxylation sites is 1. The fourth-order valence-corrected chi connectivity index (χ4v) is 4.99. The Morgan fingerprint density at radius 2 is 1.89 bits per heavy atom. The number of benzene rings is 2. The highest BCUT2D eigenvalue weighted by Crippen LogP contribution is 2.30. The van der Waals surface area contributed by atoms with Gasteiger partial charge in [-0.05, 0) is 49.6 Å². The average molecular weight is 484 g/mol. The molecule has 3 heterocycles. The SMILES string of the molecule is CCCN1CCc2ccccc2C(NC(=O)Nc2c(C)c(-c3cnn(C)c3)nn2-c2ccccc2)C1. The fraction of sp³-hybridized carbons (Fsp3) is 0.321. The molecule has 4 aromatic rings. The molecule has 0 radical (unpaired) electrons. The van der Waals surface area contributed by atoms with Crippen molar-refractivity contribution in [1.29, 1.82) is 0 Å². The number of amides is 2. The van der Waals surface area contributed by atoms with Gasteiger partial charge in [0.2, 0.25) is 0 Å². The van der Waals surface area contributed by atoms with Crippen molar-refractivity contribution >= 4 is 11.8 Å². The minimum Gasteiger partial charge on any atom is -0.330 e. The van der Waals surface area contributed by atoms with E-state index in [0.29, 0.717) is 5.82 Å². The fourth-order valence-electron chi connectivity index (χ4n) is 4.99. The first-order valence-electron chi connectivity index (χ1n) is 12.5. The zero-order valence-corrected chi connectivity index (χ0v) is 21.1. The van der Waals surface area contributed by atoms with Gasteiger partial charge in [-0.25, -0.2) is 9.48 Å². The van der Waals surface area contributed by atoms with E-state index in [4.69, 9.17) is 5.10 Å². The van der Waals surface area contributed by atoms with Crippen LogP contribution in [0.3, 0.4) is 0 Å². The van der Waals surface area contributed by atoms with Crippen molar-refractivity contribution in [2.24, 2.45) is 7.05 Å². The topological polar surface area (TPSA) is 80.0 Å². The smallest absolute Gasteiger partial charge is 0.320 e. The van der Waals surface area contributed by atoms with Gasteiger partial charge in [-0.1, -0.05) is 49.4 Å². The molecule has 8 heteroatoms. The molecule has 0 saturated heterocycles. The molecule has 5 rings (SSSR count). The Kier molecular flexibility index (Phi) is 6.86. The molecule has 2 aromatic carbocycles. The zero-order chi connectivity index (χ0) is 25.1. The van der Waals surface area contributed by atoms with Crippen molar-refractivity contribution in [2.75, 3.05) is 25.0 Å². The molecule has 0 fully saturated rings. The number of carbonyl (C=O) groups excluding carboxylic acids is 1. The molecule has 0 spiro atoms. The highest BCUT2D eigenvalue weighted by atomic mass is 16.2. The van der Waals surface area contributed by atoms with Crippen molar-refractivity contribution in [3.63, 3.8) is 0 Å². The number of nitrogens with one attached hydrogen (secondary N) is 2. The van der Waals surface area contributed by atoms with Crippen LogP contribution in [-0.2, 0) is 13.5 Å². The van der Waals surface area contributed by atoms with E-state index in [9.17, 15) is 4.79 Å². The summed E-state index contributed by atoms with van der Waals surface area (Å²) in [5, 5.41) is 15.5. The number of carbonyl (C=O) groups is 1. The van der Waals surface area contributed by atoms with Crippen LogP contribution in [-0.4, -0.2) is 50.1 Å². The van der Waals surface area contributed by atoms with Crippen LogP contribution in [0, 0.1) is 6.92 Å². The summed E-state index contributed by atoms with van der Waals surface area (Å²) in [5.74, 6) is 0.643. The van der Waals surface area contributed by atoms with E-state index < -0.39 is 0 Å². The van der Waals surface area contributed by atoms with Gasteiger partial charge >= 0.3 is 6.03 Å². The summed E-state index contributed by atoms with van der Waals surface area (Å²) in [4.78, 5) is 15.9. The summed E-state index contributed by atoms with van der Waals surface area (Å²) >= 11 is 0. The Morgan fingerprint density at radius 1 is 1.11 bits per heavy atom. The van der Waals surface area contributed by atoms with Gasteiger partial charge < -0.3 is 10.2 Å². The number of aromatic nitrogens is 4. The maximum absolute atomic E-state index is 13.5. The molecule has 1 aliphatic heterocycles. The van der Waals surface area contributed by atoms with Crippen molar-refractivity contribution < 1.29 is 4.79 Å². The van der Waals surface area contributed by atoms with Crippen LogP contribution in [0.5, 0.6) is 0 Å². The lowest BCUT2D eigenvalue weighted by Gasteiger charge is -2.25. The molecule has 36 heavy (non-hydrogen) atoms. The van der Waals surface area contributed by atoms with Crippen molar-refractivity contribution in [1.82, 2.24) is 29.8 Å². The highest BCUT2D eigenvalue weighted by molar-refractivity contribution is 5.91. The maximum Gasteiger partial charge on any atom is 0.320 e. The number of hydrogen-bond acceptors (Lipinski definition) is 4. The third-order valence-corrected chi connectivity index (χ3v) is 6.75. The van der Waals surface area contributed by atoms with E-state index in [-0.39, 0.29) is 12.1 Å². The summed E-state index contributed by atoms with van der Waals surface area (Å²) in [6.45, 7) is 6.98. The number of fused-ring (bicyclic) bond motifs is 1. The van der Waals surface area contributed by atoms with Crippen molar-refractivity contribution in [3.8, 4) is 16.9 Å². The van der Waals surface area contributed by atoms with Crippen LogP contribution < -0.4 is 10.6 Å². The van der Waals surface area contributed by atoms with Crippen LogP contribution in [0.1, 0.15) is 36.1 Å². The van der Waals surface area contributed by atoms with Gasteiger partial charge in [0.05, 0.1) is 17.9 Å². The molecule has 0 aliphatic carbocycles. The highest BCUT2D eigenvalue weighted by Gasteiger charge is 2.25.